The zero-order valence-corrected chi connectivity index (χ0v) is 18.7. The fraction of sp³-hybridized carbons (Fsp3) is 0.720. The predicted molar refractivity (Wildman–Crippen MR) is 120 cm³/mol. The van der Waals surface area contributed by atoms with Crippen molar-refractivity contribution >= 4 is 11.6 Å². The van der Waals surface area contributed by atoms with E-state index in [2.05, 4.69) is 28.0 Å². The molecule has 1 aromatic carbocycles. The fourth-order valence-electron chi connectivity index (χ4n) is 5.85. The van der Waals surface area contributed by atoms with Crippen LogP contribution in [0.2, 0.25) is 0 Å². The molecule has 0 bridgehead atoms. The molecule has 1 spiro atoms. The molecule has 0 unspecified atom stereocenters. The highest BCUT2D eigenvalue weighted by Crippen LogP contribution is 2.42. The minimum Gasteiger partial charge on any atom is -0.487 e. The number of amides is 1. The van der Waals surface area contributed by atoms with Crippen LogP contribution in [0.25, 0.3) is 0 Å². The molecule has 1 amide bonds. The molecule has 3 fully saturated rings. The Balaban J connectivity index is 1.20. The normalized spacial score (nSPS) is 24.8. The largest absolute Gasteiger partial charge is 0.487 e. The van der Waals surface area contributed by atoms with Crippen molar-refractivity contribution in [2.24, 2.45) is 5.92 Å². The Morgan fingerprint density at radius 2 is 1.77 bits per heavy atom. The van der Waals surface area contributed by atoms with Crippen LogP contribution in [0.1, 0.15) is 56.9 Å². The van der Waals surface area contributed by atoms with Crippen LogP contribution >= 0.6 is 0 Å². The van der Waals surface area contributed by atoms with Crippen LogP contribution in [0.5, 0.6) is 5.75 Å². The molecular formula is C25H37N3O2. The van der Waals surface area contributed by atoms with Gasteiger partial charge >= 0.3 is 0 Å². The molecule has 0 atom stereocenters. The lowest BCUT2D eigenvalue weighted by Crippen LogP contribution is -2.53. The van der Waals surface area contributed by atoms with Gasteiger partial charge in [0.25, 0.3) is 0 Å². The van der Waals surface area contributed by atoms with E-state index in [9.17, 15) is 4.79 Å². The molecule has 1 aromatic rings. The highest BCUT2D eigenvalue weighted by atomic mass is 16.5. The van der Waals surface area contributed by atoms with E-state index in [0.29, 0.717) is 0 Å². The number of anilines is 1. The van der Waals surface area contributed by atoms with Gasteiger partial charge in [0.05, 0.1) is 0 Å². The van der Waals surface area contributed by atoms with Gasteiger partial charge in [-0.15, -0.1) is 0 Å². The molecule has 30 heavy (non-hydrogen) atoms. The third-order valence-corrected chi connectivity index (χ3v) is 8.17. The second-order valence-electron chi connectivity index (χ2n) is 10.2. The number of rotatable bonds is 3. The molecule has 3 heterocycles. The number of hydrogen-bond donors (Lipinski definition) is 0. The molecule has 5 nitrogen and oxygen atoms in total. The Morgan fingerprint density at radius 1 is 1.03 bits per heavy atom. The maximum Gasteiger partial charge on any atom is 0.225 e. The van der Waals surface area contributed by atoms with E-state index in [1.165, 1.54) is 56.4 Å². The molecule has 4 aliphatic rings. The third kappa shape index (κ3) is 3.81. The summed E-state index contributed by atoms with van der Waals surface area (Å²) in [5.41, 5.74) is 2.73. The number of fused-ring (bicyclic) bond motifs is 1. The second kappa shape index (κ2) is 8.07. The van der Waals surface area contributed by atoms with Crippen LogP contribution in [0.3, 0.4) is 0 Å². The standard InChI is InChI=1S/C25H37N3O2/c1-26(2)24(29)19-9-14-27(15-10-19)22-6-7-23-20(18-22)8-11-25(30-23)12-16-28(17-13-25)21-4-3-5-21/h6-7,18-19,21H,3-5,8-17H2,1-2H3. The molecule has 0 radical (unpaired) electrons. The molecular weight excluding hydrogens is 374 g/mol. The van der Waals surface area contributed by atoms with Crippen LogP contribution in [-0.4, -0.2) is 67.6 Å². The van der Waals surface area contributed by atoms with E-state index in [1.807, 2.05) is 14.1 Å². The van der Waals surface area contributed by atoms with Gasteiger partial charge in [-0.3, -0.25) is 4.79 Å². The van der Waals surface area contributed by atoms with E-state index < -0.39 is 0 Å². The lowest BCUT2D eigenvalue weighted by molar-refractivity contribution is -0.133. The topological polar surface area (TPSA) is 36.0 Å². The average Bonchev–Trinajstić information content (AvgIpc) is 2.73. The molecule has 0 aromatic heterocycles. The highest BCUT2D eigenvalue weighted by molar-refractivity contribution is 5.78. The fourth-order valence-corrected chi connectivity index (χ4v) is 5.85. The van der Waals surface area contributed by atoms with Gasteiger partial charge in [-0.05, 0) is 75.1 Å². The average molecular weight is 412 g/mol. The first-order valence-electron chi connectivity index (χ1n) is 12.1. The number of likely N-dealkylation sites (tertiary alicyclic amines) is 1. The molecule has 3 aliphatic heterocycles. The van der Waals surface area contributed by atoms with Gasteiger partial charge in [0.2, 0.25) is 5.91 Å². The quantitative estimate of drug-likeness (QED) is 0.760. The number of carbonyl (C=O) groups excluding carboxylic acids is 1. The van der Waals surface area contributed by atoms with Crippen LogP contribution < -0.4 is 9.64 Å². The first-order valence-corrected chi connectivity index (χ1v) is 12.1. The Morgan fingerprint density at radius 3 is 2.40 bits per heavy atom. The van der Waals surface area contributed by atoms with Crippen molar-refractivity contribution in [3.05, 3.63) is 23.8 Å². The molecule has 0 N–H and O–H groups in total. The summed E-state index contributed by atoms with van der Waals surface area (Å²) < 4.78 is 6.66. The number of carbonyl (C=O) groups is 1. The van der Waals surface area contributed by atoms with Gasteiger partial charge in [-0.1, -0.05) is 6.42 Å². The van der Waals surface area contributed by atoms with E-state index in [0.717, 1.165) is 50.6 Å². The Kier molecular flexibility index (Phi) is 5.42. The molecule has 1 aliphatic carbocycles. The lowest BCUT2D eigenvalue weighted by atomic mass is 9.81. The van der Waals surface area contributed by atoms with Gasteiger partial charge in [-0.25, -0.2) is 0 Å². The zero-order valence-electron chi connectivity index (χ0n) is 18.7. The van der Waals surface area contributed by atoms with E-state index in [-0.39, 0.29) is 17.4 Å². The van der Waals surface area contributed by atoms with Gasteiger partial charge in [-0.2, -0.15) is 0 Å². The summed E-state index contributed by atoms with van der Waals surface area (Å²) in [5.74, 6) is 1.57. The van der Waals surface area contributed by atoms with Crippen molar-refractivity contribution in [1.82, 2.24) is 9.80 Å². The van der Waals surface area contributed by atoms with Crippen LogP contribution in [0.15, 0.2) is 18.2 Å². The molecule has 164 valence electrons. The van der Waals surface area contributed by atoms with Gasteiger partial charge in [0, 0.05) is 57.9 Å². The monoisotopic (exact) mass is 411 g/mol. The molecule has 2 saturated heterocycles. The molecule has 5 rings (SSSR count). The first-order chi connectivity index (χ1) is 14.5. The van der Waals surface area contributed by atoms with Crippen LogP contribution in [0, 0.1) is 5.92 Å². The summed E-state index contributed by atoms with van der Waals surface area (Å²) in [4.78, 5) is 19.1. The molecule has 1 saturated carbocycles. The van der Waals surface area contributed by atoms with Gasteiger partial charge < -0.3 is 19.4 Å². The van der Waals surface area contributed by atoms with Crippen molar-refractivity contribution < 1.29 is 9.53 Å². The minimum atomic E-state index is 0.0691. The van der Waals surface area contributed by atoms with Crippen molar-refractivity contribution in [3.63, 3.8) is 0 Å². The minimum absolute atomic E-state index is 0.0691. The summed E-state index contributed by atoms with van der Waals surface area (Å²) >= 11 is 0. The Bertz CT molecular complexity index is 773. The van der Waals surface area contributed by atoms with Gasteiger partial charge in [0.15, 0.2) is 0 Å². The lowest BCUT2D eigenvalue weighted by Gasteiger charge is -2.48. The van der Waals surface area contributed by atoms with E-state index in [4.69, 9.17) is 4.74 Å². The summed E-state index contributed by atoms with van der Waals surface area (Å²) in [6.45, 7) is 4.34. The number of piperidine rings is 2. The zero-order chi connectivity index (χ0) is 20.7. The summed E-state index contributed by atoms with van der Waals surface area (Å²) in [7, 11) is 3.73. The Labute approximate surface area is 181 Å². The summed E-state index contributed by atoms with van der Waals surface area (Å²) in [5, 5.41) is 0. The van der Waals surface area contributed by atoms with Crippen LogP contribution in [-0.2, 0) is 11.2 Å². The number of aryl methyl sites for hydroxylation is 1. The van der Waals surface area contributed by atoms with Crippen molar-refractivity contribution in [3.8, 4) is 5.75 Å². The Hall–Kier alpha value is -1.75. The number of ether oxygens (including phenoxy) is 1. The predicted octanol–water partition coefficient (Wildman–Crippen LogP) is 3.70. The number of hydrogen-bond acceptors (Lipinski definition) is 4. The smallest absolute Gasteiger partial charge is 0.225 e. The van der Waals surface area contributed by atoms with E-state index in [1.54, 1.807) is 4.90 Å². The van der Waals surface area contributed by atoms with Crippen molar-refractivity contribution in [2.45, 2.75) is 69.4 Å². The first kappa shape index (κ1) is 20.2. The maximum atomic E-state index is 12.2. The summed E-state index contributed by atoms with van der Waals surface area (Å²) in [6, 6.07) is 7.65. The summed E-state index contributed by atoms with van der Waals surface area (Å²) in [6.07, 6.45) is 10.8. The molecule has 5 heteroatoms. The van der Waals surface area contributed by atoms with Crippen LogP contribution in [0.4, 0.5) is 5.69 Å². The van der Waals surface area contributed by atoms with Crippen molar-refractivity contribution in [2.75, 3.05) is 45.2 Å². The SMILES string of the molecule is CN(C)C(=O)C1CCN(c2ccc3c(c2)CCC2(CCN(C4CCC4)CC2)O3)CC1. The van der Waals surface area contributed by atoms with Crippen molar-refractivity contribution in [1.29, 1.82) is 0 Å². The third-order valence-electron chi connectivity index (χ3n) is 8.17. The maximum absolute atomic E-state index is 12.2. The highest BCUT2D eigenvalue weighted by Gasteiger charge is 2.41. The number of benzene rings is 1. The second-order valence-corrected chi connectivity index (χ2v) is 10.2. The van der Waals surface area contributed by atoms with E-state index >= 15 is 0 Å². The number of nitrogens with zero attached hydrogens (tertiary/aromatic N) is 3. The van der Waals surface area contributed by atoms with Gasteiger partial charge in [0.1, 0.15) is 11.4 Å².